The van der Waals surface area contributed by atoms with Crippen LogP contribution in [0.1, 0.15) is 53.6 Å². The lowest BCUT2D eigenvalue weighted by Crippen LogP contribution is -2.28. The van der Waals surface area contributed by atoms with E-state index in [-0.39, 0.29) is 17.9 Å². The number of carbonyl (C=O) groups excluding carboxylic acids is 2. The van der Waals surface area contributed by atoms with E-state index >= 15 is 0 Å². The molecule has 35 heavy (non-hydrogen) atoms. The van der Waals surface area contributed by atoms with Gasteiger partial charge in [-0.25, -0.2) is 9.97 Å². The number of ether oxygens (including phenoxy) is 1. The third kappa shape index (κ3) is 6.21. The zero-order valence-corrected chi connectivity index (χ0v) is 20.5. The average molecular weight is 493 g/mol. The van der Waals surface area contributed by atoms with Crippen LogP contribution in [0.5, 0.6) is 5.88 Å². The summed E-state index contributed by atoms with van der Waals surface area (Å²) in [7, 11) is 3.24. The Bertz CT molecular complexity index is 1290. The first kappa shape index (κ1) is 24.3. The molecule has 0 aliphatic rings. The van der Waals surface area contributed by atoms with Gasteiger partial charge in [0.1, 0.15) is 10.7 Å². The zero-order chi connectivity index (χ0) is 24.6. The van der Waals surface area contributed by atoms with Crippen LogP contribution in [-0.2, 0) is 4.79 Å². The molecule has 0 bridgehead atoms. The number of benzene rings is 1. The van der Waals surface area contributed by atoms with Gasteiger partial charge < -0.3 is 20.4 Å². The van der Waals surface area contributed by atoms with Crippen LogP contribution in [0.3, 0.4) is 0 Å². The van der Waals surface area contributed by atoms with E-state index in [1.165, 1.54) is 11.3 Å². The van der Waals surface area contributed by atoms with Crippen LogP contribution in [-0.4, -0.2) is 45.9 Å². The van der Waals surface area contributed by atoms with Crippen LogP contribution in [0.4, 0.5) is 0 Å². The van der Waals surface area contributed by atoms with E-state index in [4.69, 9.17) is 4.74 Å². The SMILES string of the molecule is CNC(=O)CCCCC[C@H](NC(=O)c1cncs1)c1ncc(-c2ccc3cc(OC)ncc3c2)[nH]1. The number of imidazole rings is 1. The van der Waals surface area contributed by atoms with E-state index in [1.807, 2.05) is 24.3 Å². The quantitative estimate of drug-likeness (QED) is 0.269. The lowest BCUT2D eigenvalue weighted by molar-refractivity contribution is -0.120. The van der Waals surface area contributed by atoms with Crippen molar-refractivity contribution in [3.05, 3.63) is 59.1 Å². The van der Waals surface area contributed by atoms with Gasteiger partial charge in [-0.3, -0.25) is 14.6 Å². The molecule has 9 nitrogen and oxygen atoms in total. The number of pyridine rings is 1. The molecule has 0 aliphatic heterocycles. The van der Waals surface area contributed by atoms with Crippen molar-refractivity contribution in [1.82, 2.24) is 30.6 Å². The molecule has 4 rings (SSSR count). The Morgan fingerprint density at radius 2 is 1.97 bits per heavy atom. The highest BCUT2D eigenvalue weighted by Gasteiger charge is 2.20. The summed E-state index contributed by atoms with van der Waals surface area (Å²) in [4.78, 5) is 41.0. The minimum absolute atomic E-state index is 0.0414. The van der Waals surface area contributed by atoms with Gasteiger partial charge in [-0.05, 0) is 24.3 Å². The normalized spacial score (nSPS) is 11.8. The fourth-order valence-electron chi connectivity index (χ4n) is 3.83. The van der Waals surface area contributed by atoms with E-state index in [0.717, 1.165) is 41.3 Å². The number of nitrogens with one attached hydrogen (secondary N) is 3. The van der Waals surface area contributed by atoms with Gasteiger partial charge in [-0.1, -0.05) is 25.0 Å². The number of nitrogens with zero attached hydrogens (tertiary/aromatic N) is 3. The van der Waals surface area contributed by atoms with Gasteiger partial charge >= 0.3 is 0 Å². The van der Waals surface area contributed by atoms with Crippen molar-refractivity contribution in [3.8, 4) is 17.1 Å². The highest BCUT2D eigenvalue weighted by Crippen LogP contribution is 2.27. The summed E-state index contributed by atoms with van der Waals surface area (Å²) in [6.07, 6.45) is 8.87. The van der Waals surface area contributed by atoms with Crippen molar-refractivity contribution in [3.63, 3.8) is 0 Å². The van der Waals surface area contributed by atoms with Gasteiger partial charge in [0.05, 0.1) is 36.7 Å². The predicted octanol–water partition coefficient (Wildman–Crippen LogP) is 4.26. The molecular formula is C25H28N6O3S. The fourth-order valence-corrected chi connectivity index (χ4v) is 4.35. The van der Waals surface area contributed by atoms with Gasteiger partial charge in [-0.2, -0.15) is 0 Å². The number of fused-ring (bicyclic) bond motifs is 1. The summed E-state index contributed by atoms with van der Waals surface area (Å²) in [5.74, 6) is 1.13. The van der Waals surface area contributed by atoms with Gasteiger partial charge in [0.25, 0.3) is 5.91 Å². The fraction of sp³-hybridized carbons (Fsp3) is 0.320. The molecule has 0 fully saturated rings. The number of hydrogen-bond acceptors (Lipinski definition) is 7. The van der Waals surface area contributed by atoms with Crippen molar-refractivity contribution < 1.29 is 14.3 Å². The predicted molar refractivity (Wildman–Crippen MR) is 135 cm³/mol. The van der Waals surface area contributed by atoms with Crippen LogP contribution in [0, 0.1) is 0 Å². The summed E-state index contributed by atoms with van der Waals surface area (Å²) in [5.41, 5.74) is 3.47. The molecule has 1 atom stereocenters. The topological polar surface area (TPSA) is 122 Å². The first-order valence-electron chi connectivity index (χ1n) is 11.5. The molecule has 0 unspecified atom stereocenters. The Kier molecular flexibility index (Phi) is 8.04. The molecule has 4 aromatic rings. The van der Waals surface area contributed by atoms with Crippen LogP contribution >= 0.6 is 11.3 Å². The lowest BCUT2D eigenvalue weighted by atomic mass is 10.1. The van der Waals surface area contributed by atoms with E-state index < -0.39 is 0 Å². The molecule has 0 saturated carbocycles. The number of aromatic amines is 1. The second kappa shape index (κ2) is 11.6. The molecule has 3 N–H and O–H groups in total. The van der Waals surface area contributed by atoms with E-state index in [9.17, 15) is 9.59 Å². The van der Waals surface area contributed by atoms with Crippen LogP contribution in [0.15, 0.2) is 48.4 Å². The number of carbonyl (C=O) groups is 2. The van der Waals surface area contributed by atoms with Gasteiger partial charge in [0.2, 0.25) is 11.8 Å². The van der Waals surface area contributed by atoms with Crippen molar-refractivity contribution in [2.75, 3.05) is 14.2 Å². The number of unbranched alkanes of at least 4 members (excludes halogenated alkanes) is 2. The molecule has 0 radical (unpaired) electrons. The Labute approximate surface area is 207 Å². The van der Waals surface area contributed by atoms with Gasteiger partial charge in [0.15, 0.2) is 0 Å². The largest absolute Gasteiger partial charge is 0.481 e. The second-order valence-corrected chi connectivity index (χ2v) is 9.02. The van der Waals surface area contributed by atoms with Crippen molar-refractivity contribution in [1.29, 1.82) is 0 Å². The molecule has 0 aliphatic carbocycles. The van der Waals surface area contributed by atoms with Crippen molar-refractivity contribution in [2.24, 2.45) is 0 Å². The maximum absolute atomic E-state index is 12.7. The molecule has 1 aromatic carbocycles. The van der Waals surface area contributed by atoms with Crippen molar-refractivity contribution in [2.45, 2.75) is 38.1 Å². The van der Waals surface area contributed by atoms with E-state index in [2.05, 4.69) is 30.6 Å². The van der Waals surface area contributed by atoms with Crippen molar-refractivity contribution >= 4 is 33.9 Å². The number of methoxy groups -OCH3 is 1. The highest BCUT2D eigenvalue weighted by molar-refractivity contribution is 7.11. The summed E-state index contributed by atoms with van der Waals surface area (Å²) in [5, 5.41) is 7.75. The Morgan fingerprint density at radius 3 is 2.74 bits per heavy atom. The summed E-state index contributed by atoms with van der Waals surface area (Å²) in [6.45, 7) is 0. The number of aromatic nitrogens is 4. The Balaban J connectivity index is 1.49. The zero-order valence-electron chi connectivity index (χ0n) is 19.7. The van der Waals surface area contributed by atoms with Crippen LogP contribution in [0.25, 0.3) is 22.0 Å². The third-order valence-electron chi connectivity index (χ3n) is 5.78. The number of thiazole rings is 1. The van der Waals surface area contributed by atoms with E-state index in [0.29, 0.717) is 29.4 Å². The molecular weight excluding hydrogens is 464 g/mol. The molecule has 3 heterocycles. The highest BCUT2D eigenvalue weighted by atomic mass is 32.1. The summed E-state index contributed by atoms with van der Waals surface area (Å²) >= 11 is 1.30. The second-order valence-electron chi connectivity index (χ2n) is 8.13. The molecule has 3 aromatic heterocycles. The van der Waals surface area contributed by atoms with Gasteiger partial charge in [-0.15, -0.1) is 11.3 Å². The molecule has 10 heteroatoms. The number of rotatable bonds is 11. The Hall–Kier alpha value is -3.79. The first-order valence-corrected chi connectivity index (χ1v) is 12.3. The first-order chi connectivity index (χ1) is 17.1. The van der Waals surface area contributed by atoms with Crippen LogP contribution in [0.2, 0.25) is 0 Å². The van der Waals surface area contributed by atoms with Crippen LogP contribution < -0.4 is 15.4 Å². The number of amides is 2. The summed E-state index contributed by atoms with van der Waals surface area (Å²) in [6, 6.07) is 7.69. The minimum Gasteiger partial charge on any atom is -0.481 e. The maximum atomic E-state index is 12.7. The molecule has 0 spiro atoms. The van der Waals surface area contributed by atoms with Gasteiger partial charge in [0, 0.05) is 36.7 Å². The molecule has 2 amide bonds. The smallest absolute Gasteiger partial charge is 0.263 e. The third-order valence-corrected chi connectivity index (χ3v) is 6.55. The number of H-pyrrole nitrogens is 1. The molecule has 182 valence electrons. The lowest BCUT2D eigenvalue weighted by Gasteiger charge is -2.16. The summed E-state index contributed by atoms with van der Waals surface area (Å²) < 4.78 is 5.21. The monoisotopic (exact) mass is 492 g/mol. The standard InChI is InChI=1S/C25H28N6O3S/c1-26-22(32)7-5-3-4-6-19(31-25(33)21-14-27-15-35-21)24-29-13-20(30-24)17-9-8-16-11-23(34-2)28-12-18(16)10-17/h8-15,19H,3-7H2,1-2H3,(H,26,32)(H,29,30)(H,31,33)/t19-/m0/s1. The average Bonchev–Trinajstić information content (AvgIpc) is 3.60. The number of hydrogen-bond donors (Lipinski definition) is 3. The minimum atomic E-state index is -0.287. The Morgan fingerprint density at radius 1 is 1.09 bits per heavy atom. The van der Waals surface area contributed by atoms with E-state index in [1.54, 1.807) is 38.3 Å². The molecule has 0 saturated heterocycles. The maximum Gasteiger partial charge on any atom is 0.263 e.